The third-order valence-electron chi connectivity index (χ3n) is 2.86. The number of hydrogen-bond donors (Lipinski definition) is 2. The fourth-order valence-electron chi connectivity index (χ4n) is 1.94. The van der Waals surface area contributed by atoms with Crippen molar-refractivity contribution < 1.29 is 15.0 Å². The molecule has 0 heterocycles. The first-order valence-corrected chi connectivity index (χ1v) is 5.63. The molecule has 0 radical (unpaired) electrons. The number of phenols is 2. The number of aromatic hydroxyl groups is 2. The molecular formula is C15H14O3. The maximum absolute atomic E-state index is 12.3. The fraction of sp³-hybridized carbons (Fsp3) is 0.133. The average molecular weight is 242 g/mol. The van der Waals surface area contributed by atoms with Gasteiger partial charge in [-0.15, -0.1) is 0 Å². The van der Waals surface area contributed by atoms with Crippen LogP contribution in [0.3, 0.4) is 0 Å². The lowest BCUT2D eigenvalue weighted by molar-refractivity contribution is 0.103. The predicted octanol–water partition coefficient (Wildman–Crippen LogP) is 2.95. The topological polar surface area (TPSA) is 57.5 Å². The van der Waals surface area contributed by atoms with E-state index in [0.29, 0.717) is 11.1 Å². The van der Waals surface area contributed by atoms with Crippen LogP contribution < -0.4 is 0 Å². The lowest BCUT2D eigenvalue weighted by atomic mass is 9.97. The van der Waals surface area contributed by atoms with Crippen molar-refractivity contribution in [3.05, 3.63) is 58.7 Å². The summed E-state index contributed by atoms with van der Waals surface area (Å²) in [5, 5.41) is 19.6. The van der Waals surface area contributed by atoms with Crippen molar-refractivity contribution in [3.8, 4) is 11.5 Å². The molecule has 0 saturated heterocycles. The monoisotopic (exact) mass is 242 g/mol. The second kappa shape index (κ2) is 4.53. The highest BCUT2D eigenvalue weighted by molar-refractivity contribution is 6.13. The molecule has 0 aliphatic heterocycles. The largest absolute Gasteiger partial charge is 0.507 e. The SMILES string of the molecule is Cc1cc(O)c(C(=O)c2ccccc2C)c(O)c1. The summed E-state index contributed by atoms with van der Waals surface area (Å²) in [5.41, 5.74) is 1.94. The third kappa shape index (κ3) is 2.07. The van der Waals surface area contributed by atoms with Crippen LogP contribution >= 0.6 is 0 Å². The summed E-state index contributed by atoms with van der Waals surface area (Å²) in [6.07, 6.45) is 0. The Hall–Kier alpha value is -2.29. The Morgan fingerprint density at radius 2 is 1.56 bits per heavy atom. The molecule has 0 atom stereocenters. The van der Waals surface area contributed by atoms with Gasteiger partial charge in [0.15, 0.2) is 0 Å². The molecule has 3 heteroatoms. The standard InChI is InChI=1S/C15H14O3/c1-9-7-12(16)14(13(17)8-9)15(18)11-6-4-3-5-10(11)2/h3-8,16-17H,1-2H3. The van der Waals surface area contributed by atoms with Crippen LogP contribution in [0.5, 0.6) is 11.5 Å². The number of rotatable bonds is 2. The van der Waals surface area contributed by atoms with Crippen molar-refractivity contribution in [1.82, 2.24) is 0 Å². The smallest absolute Gasteiger partial charge is 0.200 e. The summed E-state index contributed by atoms with van der Waals surface area (Å²) in [5.74, 6) is -0.760. The first-order valence-electron chi connectivity index (χ1n) is 5.63. The molecule has 2 aromatic carbocycles. The van der Waals surface area contributed by atoms with E-state index in [9.17, 15) is 15.0 Å². The highest BCUT2D eigenvalue weighted by Gasteiger charge is 2.19. The van der Waals surface area contributed by atoms with Gasteiger partial charge in [-0.3, -0.25) is 4.79 Å². The third-order valence-corrected chi connectivity index (χ3v) is 2.86. The van der Waals surface area contributed by atoms with E-state index >= 15 is 0 Å². The van der Waals surface area contributed by atoms with E-state index < -0.39 is 0 Å². The number of aryl methyl sites for hydroxylation is 2. The predicted molar refractivity (Wildman–Crippen MR) is 69.1 cm³/mol. The molecule has 0 aliphatic carbocycles. The maximum Gasteiger partial charge on any atom is 0.200 e. The molecule has 18 heavy (non-hydrogen) atoms. The van der Waals surface area contributed by atoms with Gasteiger partial charge in [0.05, 0.1) is 0 Å². The summed E-state index contributed by atoms with van der Waals surface area (Å²) in [7, 11) is 0. The van der Waals surface area contributed by atoms with Gasteiger partial charge in [0, 0.05) is 5.56 Å². The van der Waals surface area contributed by atoms with E-state index in [1.54, 1.807) is 19.1 Å². The van der Waals surface area contributed by atoms with Crippen LogP contribution in [-0.2, 0) is 0 Å². The molecule has 0 unspecified atom stereocenters. The van der Waals surface area contributed by atoms with Crippen LogP contribution in [0, 0.1) is 13.8 Å². The van der Waals surface area contributed by atoms with Crippen molar-refractivity contribution in [2.24, 2.45) is 0 Å². The Kier molecular flexibility index (Phi) is 3.06. The van der Waals surface area contributed by atoms with Crippen LogP contribution in [0.15, 0.2) is 36.4 Å². The highest BCUT2D eigenvalue weighted by atomic mass is 16.3. The van der Waals surface area contributed by atoms with Crippen LogP contribution in [0.1, 0.15) is 27.0 Å². The number of ketones is 1. The second-order valence-electron chi connectivity index (χ2n) is 4.32. The minimum Gasteiger partial charge on any atom is -0.507 e. The summed E-state index contributed by atoms with van der Waals surface area (Å²) in [4.78, 5) is 12.3. The van der Waals surface area contributed by atoms with Crippen molar-refractivity contribution in [2.45, 2.75) is 13.8 Å². The molecule has 2 aromatic rings. The van der Waals surface area contributed by atoms with Gasteiger partial charge in [-0.1, -0.05) is 24.3 Å². The summed E-state index contributed by atoms with van der Waals surface area (Å²) < 4.78 is 0. The number of carbonyl (C=O) groups excluding carboxylic acids is 1. The lowest BCUT2D eigenvalue weighted by Gasteiger charge is -2.09. The van der Waals surface area contributed by atoms with E-state index in [1.165, 1.54) is 12.1 Å². The fourth-order valence-corrected chi connectivity index (χ4v) is 1.94. The highest BCUT2D eigenvalue weighted by Crippen LogP contribution is 2.31. The van der Waals surface area contributed by atoms with Crippen molar-refractivity contribution >= 4 is 5.78 Å². The van der Waals surface area contributed by atoms with Crippen LogP contribution in [-0.4, -0.2) is 16.0 Å². The quantitative estimate of drug-likeness (QED) is 0.796. The molecule has 0 aromatic heterocycles. The molecule has 0 spiro atoms. The van der Waals surface area contributed by atoms with Gasteiger partial charge < -0.3 is 10.2 Å². The first kappa shape index (κ1) is 12.2. The molecule has 0 fully saturated rings. The number of benzene rings is 2. The van der Waals surface area contributed by atoms with Gasteiger partial charge in [0.2, 0.25) is 5.78 Å². The van der Waals surface area contributed by atoms with Crippen LogP contribution in [0.2, 0.25) is 0 Å². The van der Waals surface area contributed by atoms with Gasteiger partial charge >= 0.3 is 0 Å². The zero-order chi connectivity index (χ0) is 13.3. The van der Waals surface area contributed by atoms with Crippen molar-refractivity contribution in [3.63, 3.8) is 0 Å². The molecule has 0 bridgehead atoms. The van der Waals surface area contributed by atoms with Gasteiger partial charge in [-0.05, 0) is 37.1 Å². The van der Waals surface area contributed by atoms with Gasteiger partial charge in [-0.2, -0.15) is 0 Å². The Balaban J connectivity index is 2.57. The molecule has 92 valence electrons. The van der Waals surface area contributed by atoms with E-state index in [1.807, 2.05) is 19.1 Å². The Morgan fingerprint density at radius 1 is 1.00 bits per heavy atom. The van der Waals surface area contributed by atoms with Gasteiger partial charge in [0.1, 0.15) is 17.1 Å². The van der Waals surface area contributed by atoms with E-state index in [-0.39, 0.29) is 22.8 Å². The van der Waals surface area contributed by atoms with Crippen LogP contribution in [0.25, 0.3) is 0 Å². The molecule has 0 amide bonds. The molecule has 3 nitrogen and oxygen atoms in total. The van der Waals surface area contributed by atoms with Crippen molar-refractivity contribution in [1.29, 1.82) is 0 Å². The maximum atomic E-state index is 12.3. The first-order chi connectivity index (χ1) is 8.50. The number of hydrogen-bond acceptors (Lipinski definition) is 3. The van der Waals surface area contributed by atoms with E-state index in [4.69, 9.17) is 0 Å². The summed E-state index contributed by atoms with van der Waals surface area (Å²) in [6, 6.07) is 10.0. The zero-order valence-corrected chi connectivity index (χ0v) is 10.3. The van der Waals surface area contributed by atoms with Crippen LogP contribution in [0.4, 0.5) is 0 Å². The molecule has 2 rings (SSSR count). The van der Waals surface area contributed by atoms with Crippen molar-refractivity contribution in [2.75, 3.05) is 0 Å². The number of carbonyl (C=O) groups is 1. The molecule has 0 aliphatic rings. The summed E-state index contributed by atoms with van der Waals surface area (Å²) >= 11 is 0. The minimum atomic E-state index is -0.372. The Morgan fingerprint density at radius 3 is 2.11 bits per heavy atom. The zero-order valence-electron chi connectivity index (χ0n) is 10.3. The number of phenolic OH excluding ortho intramolecular Hbond substituents is 2. The van der Waals surface area contributed by atoms with Gasteiger partial charge in [-0.25, -0.2) is 0 Å². The van der Waals surface area contributed by atoms with E-state index in [2.05, 4.69) is 0 Å². The average Bonchev–Trinajstić information content (AvgIpc) is 2.27. The molecule has 0 saturated carbocycles. The Labute approximate surface area is 105 Å². The van der Waals surface area contributed by atoms with E-state index in [0.717, 1.165) is 5.56 Å². The minimum absolute atomic E-state index is 0.0464. The second-order valence-corrected chi connectivity index (χ2v) is 4.32. The van der Waals surface area contributed by atoms with Gasteiger partial charge in [0.25, 0.3) is 0 Å². The summed E-state index contributed by atoms with van der Waals surface area (Å²) in [6.45, 7) is 3.55. The Bertz CT molecular complexity index is 592. The molecular weight excluding hydrogens is 228 g/mol. The molecule has 2 N–H and O–H groups in total. The lowest BCUT2D eigenvalue weighted by Crippen LogP contribution is -2.04. The normalized spacial score (nSPS) is 10.3.